The molecule has 162 valence electrons. The molecule has 0 aromatic carbocycles. The molecule has 0 radical (unpaired) electrons. The highest BCUT2D eigenvalue weighted by Gasteiger charge is 2.63. The van der Waals surface area contributed by atoms with Crippen molar-refractivity contribution in [1.82, 2.24) is 0 Å². The van der Waals surface area contributed by atoms with Gasteiger partial charge in [-0.25, -0.2) is 0 Å². The number of ether oxygens (including phenoxy) is 4. The van der Waals surface area contributed by atoms with Crippen molar-refractivity contribution in [2.75, 3.05) is 26.4 Å². The third-order valence-electron chi connectivity index (χ3n) is 10.4. The molecule has 0 bridgehead atoms. The summed E-state index contributed by atoms with van der Waals surface area (Å²) in [7, 11) is 0. The van der Waals surface area contributed by atoms with Crippen LogP contribution in [-0.2, 0) is 18.9 Å². The van der Waals surface area contributed by atoms with E-state index in [-0.39, 0.29) is 11.6 Å². The van der Waals surface area contributed by atoms with E-state index in [4.69, 9.17) is 18.9 Å². The Bertz CT molecular complexity index is 704. The third-order valence-corrected chi connectivity index (χ3v) is 10.4. The van der Waals surface area contributed by atoms with Crippen LogP contribution in [0, 0.1) is 34.5 Å². The SMILES string of the molecule is CC1([C@H]2CC[C@H]3[C@@H]4CC=C5CC6(CC[C@]5(C)[C@H]4CC[C@]23C)OCCO6)OCCO1. The highest BCUT2D eigenvalue weighted by atomic mass is 16.7. The second-order valence-corrected chi connectivity index (χ2v) is 11.4. The Morgan fingerprint density at radius 1 is 0.793 bits per heavy atom. The quantitative estimate of drug-likeness (QED) is 0.574. The van der Waals surface area contributed by atoms with Crippen LogP contribution in [0.25, 0.3) is 0 Å². The van der Waals surface area contributed by atoms with Gasteiger partial charge in [0.2, 0.25) is 0 Å². The summed E-state index contributed by atoms with van der Waals surface area (Å²) in [4.78, 5) is 0. The molecule has 6 rings (SSSR count). The van der Waals surface area contributed by atoms with Crippen LogP contribution in [0.3, 0.4) is 0 Å². The van der Waals surface area contributed by atoms with Gasteiger partial charge < -0.3 is 18.9 Å². The van der Waals surface area contributed by atoms with Gasteiger partial charge in [-0.2, -0.15) is 0 Å². The van der Waals surface area contributed by atoms with Gasteiger partial charge in [-0.1, -0.05) is 25.5 Å². The standard InChI is InChI=1S/C25H38O4/c1-22-10-11-25(28-14-15-29-25)16-17(22)4-5-18-19-6-7-21(24(3)26-12-13-27-24)23(19,2)9-8-20(18)22/h4,18-21H,5-16H2,1-3H3/t18-,19-,20-,21-,22-,23-/m0/s1. The minimum atomic E-state index is -0.357. The van der Waals surface area contributed by atoms with Gasteiger partial charge in [0.1, 0.15) is 0 Å². The summed E-state index contributed by atoms with van der Waals surface area (Å²) in [5, 5.41) is 0. The first-order valence-electron chi connectivity index (χ1n) is 12.1. The summed E-state index contributed by atoms with van der Waals surface area (Å²) < 4.78 is 24.5. The van der Waals surface area contributed by atoms with Crippen molar-refractivity contribution in [2.45, 2.75) is 83.7 Å². The summed E-state index contributed by atoms with van der Waals surface area (Å²) in [5.41, 5.74) is 2.34. The molecule has 0 aromatic rings. The monoisotopic (exact) mass is 402 g/mol. The zero-order chi connectivity index (χ0) is 19.9. The van der Waals surface area contributed by atoms with E-state index in [0.717, 1.165) is 57.0 Å². The summed E-state index contributed by atoms with van der Waals surface area (Å²) >= 11 is 0. The highest BCUT2D eigenvalue weighted by Crippen LogP contribution is 2.68. The fourth-order valence-corrected chi connectivity index (χ4v) is 8.94. The molecule has 4 aliphatic carbocycles. The van der Waals surface area contributed by atoms with E-state index in [1.807, 2.05) is 0 Å². The second-order valence-electron chi connectivity index (χ2n) is 11.4. The van der Waals surface area contributed by atoms with Crippen molar-refractivity contribution < 1.29 is 18.9 Å². The zero-order valence-electron chi connectivity index (χ0n) is 18.5. The van der Waals surface area contributed by atoms with Gasteiger partial charge in [-0.3, -0.25) is 0 Å². The van der Waals surface area contributed by atoms with Gasteiger partial charge in [0.15, 0.2) is 11.6 Å². The first-order valence-corrected chi connectivity index (χ1v) is 12.1. The molecule has 4 heteroatoms. The van der Waals surface area contributed by atoms with E-state index in [0.29, 0.717) is 16.7 Å². The molecule has 29 heavy (non-hydrogen) atoms. The average molecular weight is 403 g/mol. The molecule has 0 amide bonds. The van der Waals surface area contributed by atoms with Gasteiger partial charge in [0, 0.05) is 18.8 Å². The normalized spacial score (nSPS) is 50.1. The van der Waals surface area contributed by atoms with Gasteiger partial charge in [0.25, 0.3) is 0 Å². The third kappa shape index (κ3) is 2.58. The Morgan fingerprint density at radius 2 is 1.52 bits per heavy atom. The van der Waals surface area contributed by atoms with E-state index in [1.165, 1.54) is 38.5 Å². The smallest absolute Gasteiger partial charge is 0.172 e. The summed E-state index contributed by atoms with van der Waals surface area (Å²) in [6.45, 7) is 10.4. The first-order chi connectivity index (χ1) is 13.9. The number of allylic oxidation sites excluding steroid dienone is 1. The van der Waals surface area contributed by atoms with Crippen LogP contribution in [-0.4, -0.2) is 38.0 Å². The molecule has 6 aliphatic rings. The van der Waals surface area contributed by atoms with E-state index < -0.39 is 0 Å². The molecule has 2 saturated heterocycles. The van der Waals surface area contributed by atoms with Crippen molar-refractivity contribution in [3.8, 4) is 0 Å². The van der Waals surface area contributed by atoms with E-state index in [2.05, 4.69) is 26.8 Å². The van der Waals surface area contributed by atoms with Crippen molar-refractivity contribution >= 4 is 0 Å². The van der Waals surface area contributed by atoms with Crippen LogP contribution in [0.4, 0.5) is 0 Å². The molecule has 0 unspecified atom stereocenters. The van der Waals surface area contributed by atoms with Crippen molar-refractivity contribution in [1.29, 1.82) is 0 Å². The van der Waals surface area contributed by atoms with Crippen molar-refractivity contribution in [2.24, 2.45) is 34.5 Å². The molecular formula is C25H38O4. The summed E-state index contributed by atoms with van der Waals surface area (Å²) in [5.74, 6) is 2.32. The minimum Gasteiger partial charge on any atom is -0.348 e. The summed E-state index contributed by atoms with van der Waals surface area (Å²) in [6, 6.07) is 0. The van der Waals surface area contributed by atoms with Crippen LogP contribution in [0.15, 0.2) is 11.6 Å². The van der Waals surface area contributed by atoms with Gasteiger partial charge in [-0.05, 0) is 74.0 Å². The number of fused-ring (bicyclic) bond motifs is 5. The number of hydrogen-bond donors (Lipinski definition) is 0. The van der Waals surface area contributed by atoms with Crippen molar-refractivity contribution in [3.63, 3.8) is 0 Å². The van der Waals surface area contributed by atoms with Crippen LogP contribution < -0.4 is 0 Å². The Labute approximate surface area is 175 Å². The van der Waals surface area contributed by atoms with Gasteiger partial charge >= 0.3 is 0 Å². The molecule has 0 N–H and O–H groups in total. The maximum atomic E-state index is 6.17. The molecule has 3 saturated carbocycles. The molecule has 5 fully saturated rings. The first kappa shape index (κ1) is 19.3. The summed E-state index contributed by atoms with van der Waals surface area (Å²) in [6.07, 6.45) is 12.4. The Morgan fingerprint density at radius 3 is 2.28 bits per heavy atom. The molecule has 1 spiro atoms. The maximum absolute atomic E-state index is 6.17. The lowest BCUT2D eigenvalue weighted by Crippen LogP contribution is -2.54. The lowest BCUT2D eigenvalue weighted by Gasteiger charge is -2.59. The molecule has 4 nitrogen and oxygen atoms in total. The fourth-order valence-electron chi connectivity index (χ4n) is 8.94. The fraction of sp³-hybridized carbons (Fsp3) is 0.920. The Hall–Kier alpha value is -0.420. The number of hydrogen-bond acceptors (Lipinski definition) is 4. The van der Waals surface area contributed by atoms with E-state index >= 15 is 0 Å². The van der Waals surface area contributed by atoms with Crippen molar-refractivity contribution in [3.05, 3.63) is 11.6 Å². The zero-order valence-corrected chi connectivity index (χ0v) is 18.5. The lowest BCUT2D eigenvalue weighted by atomic mass is 9.47. The van der Waals surface area contributed by atoms with Crippen LogP contribution in [0.1, 0.15) is 72.1 Å². The highest BCUT2D eigenvalue weighted by molar-refractivity contribution is 5.27. The van der Waals surface area contributed by atoms with Crippen LogP contribution >= 0.6 is 0 Å². The molecule has 2 aliphatic heterocycles. The predicted octanol–water partition coefficient (Wildman–Crippen LogP) is 5.07. The lowest BCUT2D eigenvalue weighted by molar-refractivity contribution is -0.216. The topological polar surface area (TPSA) is 36.9 Å². The maximum Gasteiger partial charge on any atom is 0.172 e. The van der Waals surface area contributed by atoms with Crippen LogP contribution in [0.2, 0.25) is 0 Å². The molecule has 6 atom stereocenters. The van der Waals surface area contributed by atoms with E-state index in [9.17, 15) is 0 Å². The molecule has 0 aromatic heterocycles. The Balaban J connectivity index is 1.28. The molecule has 2 heterocycles. The predicted molar refractivity (Wildman–Crippen MR) is 110 cm³/mol. The second kappa shape index (κ2) is 6.31. The largest absolute Gasteiger partial charge is 0.348 e. The molecular weight excluding hydrogens is 364 g/mol. The minimum absolute atomic E-state index is 0.300. The van der Waals surface area contributed by atoms with Crippen LogP contribution in [0.5, 0.6) is 0 Å². The average Bonchev–Trinajstić information content (AvgIpc) is 3.42. The Kier molecular flexibility index (Phi) is 4.19. The van der Waals surface area contributed by atoms with Gasteiger partial charge in [0.05, 0.1) is 26.4 Å². The van der Waals surface area contributed by atoms with E-state index in [1.54, 1.807) is 5.57 Å². The number of rotatable bonds is 1. The van der Waals surface area contributed by atoms with Gasteiger partial charge in [-0.15, -0.1) is 0 Å².